The van der Waals surface area contributed by atoms with Gasteiger partial charge in [-0.05, 0) is 108 Å². The molecule has 0 spiro atoms. The molecule has 2 heteroatoms. The Morgan fingerprint density at radius 1 is 0.450 bits per heavy atom. The van der Waals surface area contributed by atoms with Gasteiger partial charge in [-0.25, -0.2) is 0 Å². The predicted molar refractivity (Wildman–Crippen MR) is 174 cm³/mol. The molecular weight excluding hydrogens is 503 g/mol. The van der Waals surface area contributed by atoms with E-state index in [0.29, 0.717) is 0 Å². The van der Waals surface area contributed by atoms with E-state index >= 15 is 4.57 Å². The van der Waals surface area contributed by atoms with Gasteiger partial charge >= 0.3 is 0 Å². The van der Waals surface area contributed by atoms with Crippen LogP contribution in [0.25, 0.3) is 64.6 Å². The van der Waals surface area contributed by atoms with Gasteiger partial charge in [0.25, 0.3) is 0 Å². The molecule has 0 saturated carbocycles. The number of hydrogen-bond donors (Lipinski definition) is 0. The fraction of sp³-hybridized carbons (Fsp3) is 0.105. The maximum Gasteiger partial charge on any atom is 0.168 e. The predicted octanol–water partition coefficient (Wildman–Crippen LogP) is 10.3. The van der Waals surface area contributed by atoms with Crippen LogP contribution < -0.4 is 10.6 Å². The molecule has 0 fully saturated rings. The Labute approximate surface area is 232 Å². The number of rotatable bonds is 3. The summed E-state index contributed by atoms with van der Waals surface area (Å²) in [5.74, 6) is 0. The molecule has 0 aliphatic heterocycles. The van der Waals surface area contributed by atoms with E-state index in [4.69, 9.17) is 0 Å². The molecule has 190 valence electrons. The zero-order valence-corrected chi connectivity index (χ0v) is 23.0. The van der Waals surface area contributed by atoms with Crippen LogP contribution in [0.1, 0.15) is 25.7 Å². The molecular formula is C38H27OP. The van der Waals surface area contributed by atoms with E-state index in [9.17, 15) is 0 Å². The van der Waals surface area contributed by atoms with Crippen LogP contribution in [0.4, 0.5) is 0 Å². The van der Waals surface area contributed by atoms with Crippen LogP contribution in [-0.4, -0.2) is 0 Å². The van der Waals surface area contributed by atoms with Gasteiger partial charge < -0.3 is 4.57 Å². The van der Waals surface area contributed by atoms with Gasteiger partial charge in [-0.1, -0.05) is 103 Å². The topological polar surface area (TPSA) is 17.1 Å². The van der Waals surface area contributed by atoms with Crippen molar-refractivity contribution >= 4 is 82.4 Å². The molecule has 0 unspecified atom stereocenters. The van der Waals surface area contributed by atoms with Crippen molar-refractivity contribution in [2.45, 2.75) is 25.7 Å². The normalized spacial score (nSPS) is 14.8. The van der Waals surface area contributed by atoms with Crippen LogP contribution in [0, 0.1) is 0 Å². The second-order valence-electron chi connectivity index (χ2n) is 11.4. The van der Waals surface area contributed by atoms with Gasteiger partial charge in [-0.2, -0.15) is 0 Å². The van der Waals surface area contributed by atoms with Gasteiger partial charge in [0.05, 0.1) is 0 Å². The minimum Gasteiger partial charge on any atom is -0.309 e. The Hall–Kier alpha value is -4.19. The first-order valence-electron chi connectivity index (χ1n) is 14.4. The molecule has 40 heavy (non-hydrogen) atoms. The van der Waals surface area contributed by atoms with Gasteiger partial charge in [0, 0.05) is 10.6 Å². The fourth-order valence-electron chi connectivity index (χ4n) is 7.54. The summed E-state index contributed by atoms with van der Waals surface area (Å²) < 4.78 is 16.2. The first-order valence-corrected chi connectivity index (χ1v) is 16.1. The first kappa shape index (κ1) is 22.6. The molecule has 8 aromatic carbocycles. The highest BCUT2D eigenvalue weighted by molar-refractivity contribution is 7.83. The summed E-state index contributed by atoms with van der Waals surface area (Å²) >= 11 is 0. The van der Waals surface area contributed by atoms with Crippen molar-refractivity contribution in [2.24, 2.45) is 0 Å². The molecule has 9 rings (SSSR count). The van der Waals surface area contributed by atoms with Crippen molar-refractivity contribution < 1.29 is 4.57 Å². The summed E-state index contributed by atoms with van der Waals surface area (Å²) in [7, 11) is -3.16. The van der Waals surface area contributed by atoms with Gasteiger partial charge in [0.1, 0.15) is 0 Å². The average Bonchev–Trinajstić information content (AvgIpc) is 3.02. The lowest BCUT2D eigenvalue weighted by atomic mass is 9.94. The van der Waals surface area contributed by atoms with E-state index in [1.54, 1.807) is 0 Å². The second kappa shape index (κ2) is 8.17. The lowest BCUT2D eigenvalue weighted by Gasteiger charge is -2.28. The fourth-order valence-corrected chi connectivity index (χ4v) is 10.9. The highest BCUT2D eigenvalue weighted by Gasteiger charge is 2.36. The molecule has 0 aromatic heterocycles. The average molecular weight is 531 g/mol. The molecule has 1 aliphatic rings. The molecule has 0 amide bonds. The van der Waals surface area contributed by atoms with Crippen LogP contribution in [0.3, 0.4) is 0 Å². The van der Waals surface area contributed by atoms with E-state index in [1.165, 1.54) is 60.3 Å². The lowest BCUT2D eigenvalue weighted by molar-refractivity contribution is 0.587. The molecule has 0 bridgehead atoms. The summed E-state index contributed by atoms with van der Waals surface area (Å²) in [6.45, 7) is 0. The smallest absolute Gasteiger partial charge is 0.168 e. The van der Waals surface area contributed by atoms with Gasteiger partial charge in [-0.15, -0.1) is 0 Å². The Morgan fingerprint density at radius 2 is 0.875 bits per heavy atom. The number of hydrogen-bond acceptors (Lipinski definition) is 1. The summed E-state index contributed by atoms with van der Waals surface area (Å²) in [6.07, 6.45) is 6.45. The Bertz CT molecular complexity index is 2180. The van der Waals surface area contributed by atoms with Gasteiger partial charge in [0.15, 0.2) is 7.14 Å². The maximum atomic E-state index is 16.2. The minimum absolute atomic E-state index is 0.890. The van der Waals surface area contributed by atoms with E-state index < -0.39 is 7.14 Å². The summed E-state index contributed by atoms with van der Waals surface area (Å²) in [5, 5.41) is 17.8. The summed E-state index contributed by atoms with van der Waals surface area (Å²) in [5.41, 5.74) is 0. The van der Waals surface area contributed by atoms with Crippen LogP contribution in [0.5, 0.6) is 0 Å². The Kier molecular flexibility index (Phi) is 4.61. The largest absolute Gasteiger partial charge is 0.309 e. The van der Waals surface area contributed by atoms with Crippen LogP contribution in [0.15, 0.2) is 121 Å². The van der Waals surface area contributed by atoms with E-state index in [0.717, 1.165) is 46.0 Å². The van der Waals surface area contributed by atoms with E-state index in [1.807, 2.05) is 0 Å². The van der Waals surface area contributed by atoms with Crippen molar-refractivity contribution in [1.82, 2.24) is 0 Å². The number of allylic oxidation sites excluding steroid dienone is 2. The minimum atomic E-state index is -3.16. The van der Waals surface area contributed by atoms with Crippen molar-refractivity contribution in [3.8, 4) is 0 Å². The standard InChI is InChI=1S/C38H27OP/c39-40(30-10-2-1-3-11-30,33-22-18-28-14-12-24-6-4-8-26-16-20-31(33)37(28)35(24)26)34-23-19-29-15-13-25-7-5-9-27-17-21-32(34)38(29)36(25)27/h4-10,12-23H,1-3,11H2. The van der Waals surface area contributed by atoms with Crippen molar-refractivity contribution in [1.29, 1.82) is 0 Å². The third kappa shape index (κ3) is 2.91. The zero-order valence-electron chi connectivity index (χ0n) is 22.2. The molecule has 0 saturated heterocycles. The molecule has 0 atom stereocenters. The molecule has 0 radical (unpaired) electrons. The van der Waals surface area contributed by atoms with Crippen molar-refractivity contribution in [3.05, 3.63) is 121 Å². The van der Waals surface area contributed by atoms with Gasteiger partial charge in [0.2, 0.25) is 0 Å². The lowest BCUT2D eigenvalue weighted by Crippen LogP contribution is -2.20. The third-order valence-electron chi connectivity index (χ3n) is 9.36. The second-order valence-corrected chi connectivity index (χ2v) is 14.2. The Morgan fingerprint density at radius 3 is 1.32 bits per heavy atom. The Balaban J connectivity index is 1.45. The zero-order chi connectivity index (χ0) is 26.4. The molecule has 1 nitrogen and oxygen atoms in total. The molecule has 1 aliphatic carbocycles. The quantitative estimate of drug-likeness (QED) is 0.164. The first-order chi connectivity index (χ1) is 19.7. The highest BCUT2D eigenvalue weighted by Crippen LogP contribution is 2.58. The van der Waals surface area contributed by atoms with E-state index in [2.05, 4.69) is 115 Å². The maximum absolute atomic E-state index is 16.2. The van der Waals surface area contributed by atoms with Crippen LogP contribution >= 0.6 is 7.14 Å². The third-order valence-corrected chi connectivity index (χ3v) is 12.7. The van der Waals surface area contributed by atoms with Crippen molar-refractivity contribution in [3.63, 3.8) is 0 Å². The molecule has 0 N–H and O–H groups in total. The monoisotopic (exact) mass is 530 g/mol. The van der Waals surface area contributed by atoms with Gasteiger partial charge in [-0.3, -0.25) is 0 Å². The van der Waals surface area contributed by atoms with Crippen LogP contribution in [-0.2, 0) is 4.57 Å². The summed E-state index contributed by atoms with van der Waals surface area (Å²) in [6, 6.07) is 39.6. The molecule has 8 aromatic rings. The van der Waals surface area contributed by atoms with Crippen molar-refractivity contribution in [2.75, 3.05) is 0 Å². The SMILES string of the molecule is O=P(C1=CCCCC1)(c1ccc2ccc3cccc4ccc1c2c34)c1ccc2ccc3cccc4ccc1c2c34. The molecule has 0 heterocycles. The van der Waals surface area contributed by atoms with Crippen LogP contribution in [0.2, 0.25) is 0 Å². The number of benzene rings is 8. The highest BCUT2D eigenvalue weighted by atomic mass is 31.2. The van der Waals surface area contributed by atoms with E-state index in [-0.39, 0.29) is 0 Å². The summed E-state index contributed by atoms with van der Waals surface area (Å²) in [4.78, 5) is 0.